The van der Waals surface area contributed by atoms with Crippen LogP contribution in [0.1, 0.15) is 18.9 Å². The maximum atomic E-state index is 10.6. The summed E-state index contributed by atoms with van der Waals surface area (Å²) in [6.07, 6.45) is 4.26. The van der Waals surface area contributed by atoms with Crippen LogP contribution in [0.25, 0.3) is 0 Å². The highest BCUT2D eigenvalue weighted by Gasteiger charge is 2.64. The van der Waals surface area contributed by atoms with Gasteiger partial charge in [-0.2, -0.15) is 0 Å². The van der Waals surface area contributed by atoms with Gasteiger partial charge in [-0.1, -0.05) is 18.2 Å². The number of likely N-dealkylation sites (N-methyl/N-ethyl adjacent to an activating group) is 1. The summed E-state index contributed by atoms with van der Waals surface area (Å²) in [5.74, 6) is 0.686. The number of ether oxygens (including phenoxy) is 2. The summed E-state index contributed by atoms with van der Waals surface area (Å²) in [5.41, 5.74) is 1.88. The summed E-state index contributed by atoms with van der Waals surface area (Å²) in [7, 11) is 3.75. The van der Waals surface area contributed by atoms with E-state index in [2.05, 4.69) is 18.0 Å². The van der Waals surface area contributed by atoms with Gasteiger partial charge in [0.2, 0.25) is 0 Å². The van der Waals surface area contributed by atoms with Gasteiger partial charge in [-0.15, -0.1) is 0 Å². The van der Waals surface area contributed by atoms with Crippen molar-refractivity contribution in [1.29, 1.82) is 0 Å². The maximum absolute atomic E-state index is 10.6. The van der Waals surface area contributed by atoms with E-state index in [0.29, 0.717) is 5.75 Å². The Hall–Kier alpha value is -1.52. The quantitative estimate of drug-likeness (QED) is 0.798. The largest absolute Gasteiger partial charge is 0.493 e. The fourth-order valence-corrected chi connectivity index (χ4v) is 5.07. The number of aliphatic hydroxyl groups is 1. The van der Waals surface area contributed by atoms with Gasteiger partial charge in [0.1, 0.15) is 12.2 Å². The molecule has 1 aromatic carbocycles. The molecule has 22 heavy (non-hydrogen) atoms. The predicted octanol–water partition coefficient (Wildman–Crippen LogP) is 1.50. The van der Waals surface area contributed by atoms with Gasteiger partial charge >= 0.3 is 0 Å². The van der Waals surface area contributed by atoms with E-state index >= 15 is 0 Å². The van der Waals surface area contributed by atoms with Gasteiger partial charge in [0, 0.05) is 24.3 Å². The van der Waals surface area contributed by atoms with Crippen molar-refractivity contribution in [3.63, 3.8) is 0 Å². The normalized spacial score (nSPS) is 45.0. The van der Waals surface area contributed by atoms with E-state index in [4.69, 9.17) is 9.47 Å². The Kier molecular flexibility index (Phi) is 2.21. The highest BCUT2D eigenvalue weighted by Crippen LogP contribution is 2.62. The first-order valence-corrected chi connectivity index (χ1v) is 7.97. The van der Waals surface area contributed by atoms with Crippen molar-refractivity contribution in [1.82, 2.24) is 4.90 Å². The molecule has 4 nitrogen and oxygen atoms in total. The van der Waals surface area contributed by atoms with Crippen molar-refractivity contribution in [2.24, 2.45) is 5.89 Å². The van der Waals surface area contributed by atoms with E-state index < -0.39 is 23.5 Å². The second-order valence-electron chi connectivity index (χ2n) is 6.90. The summed E-state index contributed by atoms with van der Waals surface area (Å²) in [4.78, 5) is 2.29. The fourth-order valence-electron chi connectivity index (χ4n) is 5.07. The number of likely N-dealkylation sites (tertiary alicyclic amines) is 1. The van der Waals surface area contributed by atoms with Gasteiger partial charge in [0.25, 0.3) is 0 Å². The van der Waals surface area contributed by atoms with E-state index in [1.807, 2.05) is 12.1 Å². The molecule has 2 aliphatic heterocycles. The highest BCUT2D eigenvalue weighted by atomic mass is 16.5. The van der Waals surface area contributed by atoms with E-state index in [9.17, 15) is 6.48 Å². The number of hydrogen-bond acceptors (Lipinski definition) is 4. The van der Waals surface area contributed by atoms with E-state index in [-0.39, 0.29) is 6.04 Å². The van der Waals surface area contributed by atoms with E-state index in [1.54, 1.807) is 13.2 Å². The Bertz CT molecular complexity index is 735. The van der Waals surface area contributed by atoms with Gasteiger partial charge in [0.05, 0.1) is 7.11 Å². The van der Waals surface area contributed by atoms with Crippen LogP contribution in [-0.4, -0.2) is 49.0 Å². The van der Waals surface area contributed by atoms with Crippen LogP contribution in [0.5, 0.6) is 11.5 Å². The van der Waals surface area contributed by atoms with Crippen LogP contribution >= 0.6 is 0 Å². The SMILES string of the molecule is [2H][C@@]12C=CC(O)C3Oc4c(OC)ccc5c4[C@@]31CCN(C)[C@@H]2C5. The molecule has 1 fully saturated rings. The van der Waals surface area contributed by atoms with Gasteiger partial charge in [0.15, 0.2) is 11.5 Å². The third-order valence-corrected chi connectivity index (χ3v) is 6.07. The predicted molar refractivity (Wildman–Crippen MR) is 82.5 cm³/mol. The molecule has 4 aliphatic rings. The van der Waals surface area contributed by atoms with Gasteiger partial charge in [-0.05, 0) is 38.1 Å². The van der Waals surface area contributed by atoms with E-state index in [0.717, 1.165) is 30.7 Å². The first-order valence-electron chi connectivity index (χ1n) is 8.47. The van der Waals surface area contributed by atoms with Crippen molar-refractivity contribution < 1.29 is 16.0 Å². The second-order valence-corrected chi connectivity index (χ2v) is 6.90. The van der Waals surface area contributed by atoms with Crippen molar-refractivity contribution in [3.05, 3.63) is 35.4 Å². The molecule has 2 heterocycles. The Morgan fingerprint density at radius 3 is 3.14 bits per heavy atom. The van der Waals surface area contributed by atoms with Crippen LogP contribution in [0.15, 0.2) is 24.3 Å². The molecule has 0 amide bonds. The molecule has 1 N–H and O–H groups in total. The molecule has 2 aliphatic carbocycles. The molecule has 0 saturated carbocycles. The number of methoxy groups -OCH3 is 1. The Morgan fingerprint density at radius 1 is 1.45 bits per heavy atom. The van der Waals surface area contributed by atoms with Crippen LogP contribution in [0.4, 0.5) is 0 Å². The topological polar surface area (TPSA) is 41.9 Å². The number of rotatable bonds is 1. The lowest BCUT2D eigenvalue weighted by Crippen LogP contribution is -2.64. The van der Waals surface area contributed by atoms with Crippen LogP contribution in [-0.2, 0) is 11.8 Å². The minimum Gasteiger partial charge on any atom is -0.493 e. The number of nitrogens with zero attached hydrogens (tertiary/aromatic N) is 1. The van der Waals surface area contributed by atoms with Gasteiger partial charge in [-0.25, -0.2) is 0 Å². The summed E-state index contributed by atoms with van der Waals surface area (Å²) < 4.78 is 21.1. The molecule has 1 saturated heterocycles. The average molecular weight is 300 g/mol. The van der Waals surface area contributed by atoms with Gasteiger partial charge in [-0.3, -0.25) is 0 Å². The highest BCUT2D eigenvalue weighted by molar-refractivity contribution is 5.62. The van der Waals surface area contributed by atoms with Crippen molar-refractivity contribution in [2.45, 2.75) is 36.5 Å². The minimum absolute atomic E-state index is 0.109. The smallest absolute Gasteiger partial charge is 0.165 e. The zero-order valence-corrected chi connectivity index (χ0v) is 12.9. The molecule has 1 aromatic rings. The zero-order valence-electron chi connectivity index (χ0n) is 13.9. The molecule has 116 valence electrons. The Morgan fingerprint density at radius 2 is 2.32 bits per heavy atom. The van der Waals surface area contributed by atoms with Crippen molar-refractivity contribution >= 4 is 0 Å². The fraction of sp³-hybridized carbons (Fsp3) is 0.556. The number of benzene rings is 1. The summed E-state index contributed by atoms with van der Waals surface area (Å²) in [5, 5.41) is 10.6. The van der Waals surface area contributed by atoms with E-state index in [1.165, 1.54) is 5.56 Å². The summed E-state index contributed by atoms with van der Waals surface area (Å²) >= 11 is 0. The number of hydrogen-bond donors (Lipinski definition) is 1. The van der Waals surface area contributed by atoms with Crippen LogP contribution in [0, 0.1) is 5.89 Å². The van der Waals surface area contributed by atoms with Crippen molar-refractivity contribution in [3.8, 4) is 11.5 Å². The standard InChI is InChI=1S/C18H21NO3/c1-19-8-7-18-11-4-5-13(20)17(18)22-16-14(21-2)6-3-10(15(16)18)9-12(11)19/h3-6,11-13,17,20H,7-9H2,1-2H3/t11-,12+,13?,17?,18-/m0/s1/i11D. The number of piperidine rings is 1. The van der Waals surface area contributed by atoms with Crippen molar-refractivity contribution in [2.75, 3.05) is 20.7 Å². The molecule has 2 bridgehead atoms. The van der Waals surface area contributed by atoms with Crippen LogP contribution in [0.3, 0.4) is 0 Å². The monoisotopic (exact) mass is 300 g/mol. The molecule has 5 atom stereocenters. The molecule has 0 aromatic heterocycles. The Balaban J connectivity index is 1.87. The lowest BCUT2D eigenvalue weighted by atomic mass is 9.53. The van der Waals surface area contributed by atoms with Gasteiger partial charge < -0.3 is 19.5 Å². The minimum atomic E-state index is -0.769. The van der Waals surface area contributed by atoms with Crippen LogP contribution < -0.4 is 9.47 Å². The third-order valence-electron chi connectivity index (χ3n) is 6.07. The molecule has 2 unspecified atom stereocenters. The maximum Gasteiger partial charge on any atom is 0.165 e. The van der Waals surface area contributed by atoms with Crippen LogP contribution in [0.2, 0.25) is 0 Å². The third kappa shape index (κ3) is 1.28. The lowest BCUT2D eigenvalue weighted by Gasteiger charge is -2.56. The molecule has 0 radical (unpaired) electrons. The first-order chi connectivity index (χ1) is 11.0. The second kappa shape index (κ2) is 4.06. The summed E-state index contributed by atoms with van der Waals surface area (Å²) in [6, 6.07) is 4.17. The first kappa shape index (κ1) is 12.0. The average Bonchev–Trinajstić information content (AvgIpc) is 2.90. The molecular formula is C18H21NO3. The number of aliphatic hydroxyl groups excluding tert-OH is 1. The molecular weight excluding hydrogens is 278 g/mol. The lowest BCUT2D eigenvalue weighted by molar-refractivity contribution is -0.0453. The zero-order chi connectivity index (χ0) is 16.0. The molecule has 5 rings (SSSR count). The summed E-state index contributed by atoms with van der Waals surface area (Å²) in [6.45, 7) is 0.918. The molecule has 1 spiro atoms. The Labute approximate surface area is 131 Å². The molecule has 4 heteroatoms.